The highest BCUT2D eigenvalue weighted by atomic mass is 16.2. The van der Waals surface area contributed by atoms with E-state index in [0.717, 1.165) is 70.5 Å². The molecular formula is C39H49N7O2. The van der Waals surface area contributed by atoms with Crippen LogP contribution in [0.5, 0.6) is 0 Å². The summed E-state index contributed by atoms with van der Waals surface area (Å²) in [4.78, 5) is 41.8. The Bertz CT molecular complexity index is 1860. The second kappa shape index (κ2) is 12.7. The van der Waals surface area contributed by atoms with Crippen LogP contribution in [0.25, 0.3) is 22.3 Å². The van der Waals surface area contributed by atoms with Gasteiger partial charge in [0.05, 0.1) is 23.0 Å². The summed E-state index contributed by atoms with van der Waals surface area (Å²) in [5.74, 6) is 0.805. The van der Waals surface area contributed by atoms with E-state index in [1.54, 1.807) is 7.05 Å². The zero-order valence-corrected chi connectivity index (χ0v) is 29.3. The van der Waals surface area contributed by atoms with Gasteiger partial charge in [-0.3, -0.25) is 9.59 Å². The number of nitrogens with zero attached hydrogens (tertiary/aromatic N) is 5. The molecule has 9 heteroatoms. The molecule has 0 radical (unpaired) electrons. The normalized spacial score (nSPS) is 20.6. The van der Waals surface area contributed by atoms with E-state index in [9.17, 15) is 9.59 Å². The number of hydrogen-bond donors (Lipinski definition) is 2. The van der Waals surface area contributed by atoms with Crippen molar-refractivity contribution in [3.05, 3.63) is 65.5 Å². The number of amides is 2. The summed E-state index contributed by atoms with van der Waals surface area (Å²) in [7, 11) is 1.64. The molecule has 9 nitrogen and oxygen atoms in total. The fourth-order valence-electron chi connectivity index (χ4n) is 8.30. The number of likely N-dealkylation sites (tertiary alicyclic amines) is 1. The molecular weight excluding hydrogens is 598 g/mol. The van der Waals surface area contributed by atoms with Gasteiger partial charge in [0.2, 0.25) is 5.91 Å². The third-order valence-electron chi connectivity index (χ3n) is 11.3. The van der Waals surface area contributed by atoms with Gasteiger partial charge < -0.3 is 25.0 Å². The first-order valence-corrected chi connectivity index (χ1v) is 17.9. The van der Waals surface area contributed by atoms with Gasteiger partial charge in [-0.2, -0.15) is 0 Å². The van der Waals surface area contributed by atoms with E-state index in [0.29, 0.717) is 17.4 Å². The van der Waals surface area contributed by atoms with Gasteiger partial charge in [0.25, 0.3) is 5.91 Å². The average Bonchev–Trinajstić information content (AvgIpc) is 3.62. The summed E-state index contributed by atoms with van der Waals surface area (Å²) in [6.07, 6.45) is 9.42. The lowest BCUT2D eigenvalue weighted by Gasteiger charge is -2.48. The SMILES string of the molecule is CCC1(CC)C(=O)N(C2CC(N3CCCCC3)C2)c2cc(-c3cc4ncn(C(C)C)c4c(Nc4ccc(C)c(C(=O)NC)c4)n3)ccc21. The molecule has 4 aromatic rings. The monoisotopic (exact) mass is 647 g/mol. The van der Waals surface area contributed by atoms with Gasteiger partial charge in [0, 0.05) is 47.7 Å². The molecule has 2 N–H and O–H groups in total. The van der Waals surface area contributed by atoms with Crippen molar-refractivity contribution in [1.82, 2.24) is 24.8 Å². The topological polar surface area (TPSA) is 95.4 Å². The summed E-state index contributed by atoms with van der Waals surface area (Å²) in [5, 5.41) is 6.28. The number of nitrogens with one attached hydrogen (secondary N) is 2. The minimum absolute atomic E-state index is 0.128. The largest absolute Gasteiger partial charge is 0.355 e. The predicted octanol–water partition coefficient (Wildman–Crippen LogP) is 7.51. The molecule has 0 spiro atoms. The molecule has 0 unspecified atom stereocenters. The number of piperidine rings is 1. The first-order chi connectivity index (χ1) is 23.2. The van der Waals surface area contributed by atoms with E-state index < -0.39 is 5.41 Å². The van der Waals surface area contributed by atoms with E-state index in [2.05, 4.69) is 77.0 Å². The number of rotatable bonds is 9. The van der Waals surface area contributed by atoms with Gasteiger partial charge in [-0.1, -0.05) is 38.5 Å². The Morgan fingerprint density at radius 3 is 2.44 bits per heavy atom. The van der Waals surface area contributed by atoms with Crippen LogP contribution in [0.4, 0.5) is 17.2 Å². The van der Waals surface area contributed by atoms with Gasteiger partial charge in [0.1, 0.15) is 5.52 Å². The Kier molecular flexibility index (Phi) is 8.52. The molecule has 4 heterocycles. The van der Waals surface area contributed by atoms with E-state index >= 15 is 0 Å². The van der Waals surface area contributed by atoms with Crippen LogP contribution in [0.1, 0.15) is 100 Å². The number of benzene rings is 2. The molecule has 1 saturated heterocycles. The summed E-state index contributed by atoms with van der Waals surface area (Å²) in [5.41, 5.74) is 7.48. The smallest absolute Gasteiger partial charge is 0.251 e. The van der Waals surface area contributed by atoms with Crippen LogP contribution < -0.4 is 15.5 Å². The first kappa shape index (κ1) is 32.3. The Hall–Kier alpha value is -4.24. The lowest BCUT2D eigenvalue weighted by molar-refractivity contribution is -0.124. The van der Waals surface area contributed by atoms with Gasteiger partial charge in [0.15, 0.2) is 5.82 Å². The number of aryl methyl sites for hydroxylation is 1. The highest BCUT2D eigenvalue weighted by Gasteiger charge is 2.53. The van der Waals surface area contributed by atoms with Crippen molar-refractivity contribution in [3.63, 3.8) is 0 Å². The molecule has 3 aliphatic rings. The quantitative estimate of drug-likeness (QED) is 0.195. The third kappa shape index (κ3) is 5.27. The van der Waals surface area contributed by atoms with E-state index in [-0.39, 0.29) is 23.9 Å². The van der Waals surface area contributed by atoms with Crippen LogP contribution in [0.3, 0.4) is 0 Å². The van der Waals surface area contributed by atoms with Crippen molar-refractivity contribution in [1.29, 1.82) is 0 Å². The van der Waals surface area contributed by atoms with Crippen molar-refractivity contribution in [2.45, 2.75) is 103 Å². The Morgan fingerprint density at radius 1 is 1.00 bits per heavy atom. The minimum atomic E-state index is -0.488. The molecule has 1 saturated carbocycles. The number of anilines is 3. The van der Waals surface area contributed by atoms with Gasteiger partial charge in [-0.25, -0.2) is 9.97 Å². The number of fused-ring (bicyclic) bond motifs is 2. The van der Waals surface area contributed by atoms with Crippen LogP contribution in [0.2, 0.25) is 0 Å². The number of hydrogen-bond acceptors (Lipinski definition) is 6. The van der Waals surface area contributed by atoms with Crippen molar-refractivity contribution in [2.24, 2.45) is 0 Å². The number of pyridine rings is 1. The Balaban J connectivity index is 1.29. The molecule has 0 atom stereocenters. The van der Waals surface area contributed by atoms with Gasteiger partial charge in [-0.15, -0.1) is 0 Å². The van der Waals surface area contributed by atoms with Crippen LogP contribution in [-0.4, -0.2) is 63.5 Å². The van der Waals surface area contributed by atoms with E-state index in [1.807, 2.05) is 31.5 Å². The zero-order valence-electron chi connectivity index (χ0n) is 29.3. The molecule has 2 aliphatic heterocycles. The van der Waals surface area contributed by atoms with Crippen molar-refractivity contribution < 1.29 is 9.59 Å². The number of imidazole rings is 1. The fraction of sp³-hybridized carbons (Fsp3) is 0.487. The van der Waals surface area contributed by atoms with Crippen molar-refractivity contribution in [3.8, 4) is 11.3 Å². The minimum Gasteiger partial charge on any atom is -0.355 e. The van der Waals surface area contributed by atoms with Gasteiger partial charge in [-0.05, 0) is 108 Å². The summed E-state index contributed by atoms with van der Waals surface area (Å²) < 4.78 is 2.12. The number of carbonyl (C=O) groups is 2. The Labute approximate surface area is 284 Å². The van der Waals surface area contributed by atoms with Gasteiger partial charge >= 0.3 is 0 Å². The van der Waals surface area contributed by atoms with Crippen molar-refractivity contribution in [2.75, 3.05) is 30.4 Å². The molecule has 2 fully saturated rings. The summed E-state index contributed by atoms with van der Waals surface area (Å²) >= 11 is 0. The van der Waals surface area contributed by atoms with Crippen LogP contribution in [-0.2, 0) is 10.2 Å². The maximum Gasteiger partial charge on any atom is 0.251 e. The predicted molar refractivity (Wildman–Crippen MR) is 193 cm³/mol. The second-order valence-electron chi connectivity index (χ2n) is 14.3. The number of aromatic nitrogens is 3. The van der Waals surface area contributed by atoms with Crippen LogP contribution in [0, 0.1) is 6.92 Å². The third-order valence-corrected chi connectivity index (χ3v) is 11.3. The lowest BCUT2D eigenvalue weighted by Crippen LogP contribution is -2.57. The highest BCUT2D eigenvalue weighted by molar-refractivity contribution is 6.09. The van der Waals surface area contributed by atoms with E-state index in [4.69, 9.17) is 9.97 Å². The molecule has 252 valence electrons. The molecule has 2 aromatic carbocycles. The molecule has 48 heavy (non-hydrogen) atoms. The zero-order chi connectivity index (χ0) is 33.7. The molecule has 2 amide bonds. The standard InChI is InChI=1S/C39H49N7O2/c1-7-39(8-2)31-15-13-26(18-34(31)46(38(39)48)29-20-28(21-29)44-16-10-9-11-17-44)32-22-33-35(45(23-41-33)24(3)4)36(43-32)42-27-14-12-25(5)30(19-27)37(47)40-6/h12-15,18-19,22-24,28-29H,7-11,16-17,20-21H2,1-6H3,(H,40,47)(H,42,43). The maximum atomic E-state index is 14.4. The molecule has 2 aromatic heterocycles. The van der Waals surface area contributed by atoms with Crippen LogP contribution >= 0.6 is 0 Å². The highest BCUT2D eigenvalue weighted by Crippen LogP contribution is 2.51. The molecule has 7 rings (SSSR count). The first-order valence-electron chi connectivity index (χ1n) is 17.9. The Morgan fingerprint density at radius 2 is 1.75 bits per heavy atom. The summed E-state index contributed by atoms with van der Waals surface area (Å²) in [6, 6.07) is 15.3. The number of carbonyl (C=O) groups excluding carboxylic acids is 2. The lowest BCUT2D eigenvalue weighted by atomic mass is 9.76. The molecule has 1 aliphatic carbocycles. The second-order valence-corrected chi connectivity index (χ2v) is 14.3. The van der Waals surface area contributed by atoms with Crippen molar-refractivity contribution >= 4 is 40.0 Å². The fourth-order valence-corrected chi connectivity index (χ4v) is 8.30. The average molecular weight is 648 g/mol. The van der Waals surface area contributed by atoms with E-state index in [1.165, 1.54) is 32.4 Å². The maximum absolute atomic E-state index is 14.4. The molecule has 0 bridgehead atoms. The van der Waals surface area contributed by atoms with Crippen LogP contribution in [0.15, 0.2) is 48.8 Å². The summed E-state index contributed by atoms with van der Waals surface area (Å²) in [6.45, 7) is 12.9.